The summed E-state index contributed by atoms with van der Waals surface area (Å²) in [5, 5.41) is 3.07. The zero-order chi connectivity index (χ0) is 11.1. The van der Waals surface area contributed by atoms with Gasteiger partial charge in [0, 0.05) is 0 Å². The van der Waals surface area contributed by atoms with Crippen LogP contribution in [0.4, 0.5) is 0 Å². The second kappa shape index (κ2) is 6.43. The molecular weight excluding hydrogens is 190 g/mol. The number of hydrogen-bond acceptors (Lipinski definition) is 3. The van der Waals surface area contributed by atoms with E-state index in [1.807, 2.05) is 39.1 Å². The zero-order valence-electron chi connectivity index (χ0n) is 9.67. The summed E-state index contributed by atoms with van der Waals surface area (Å²) in [6.07, 6.45) is 3.95. The number of ether oxygens (including phenoxy) is 1. The third-order valence-corrected chi connectivity index (χ3v) is 2.10. The van der Waals surface area contributed by atoms with Gasteiger partial charge in [0.15, 0.2) is 0 Å². The van der Waals surface area contributed by atoms with Crippen molar-refractivity contribution in [3.05, 3.63) is 35.3 Å². The van der Waals surface area contributed by atoms with Crippen LogP contribution >= 0.6 is 0 Å². The second-order valence-corrected chi connectivity index (χ2v) is 3.43. The molecule has 84 valence electrons. The van der Waals surface area contributed by atoms with E-state index in [4.69, 9.17) is 9.15 Å². The van der Waals surface area contributed by atoms with Gasteiger partial charge in [0.05, 0.1) is 13.2 Å². The van der Waals surface area contributed by atoms with E-state index in [2.05, 4.69) is 5.32 Å². The molecule has 0 unspecified atom stereocenters. The molecule has 1 aromatic rings. The van der Waals surface area contributed by atoms with Gasteiger partial charge in [-0.2, -0.15) is 0 Å². The highest BCUT2D eigenvalue weighted by Gasteiger charge is 2.06. The third kappa shape index (κ3) is 3.90. The maximum Gasteiger partial charge on any atom is 0.130 e. The van der Waals surface area contributed by atoms with Gasteiger partial charge in [0.1, 0.15) is 18.1 Å². The molecule has 15 heavy (non-hydrogen) atoms. The van der Waals surface area contributed by atoms with Crippen LogP contribution in [0.1, 0.15) is 24.0 Å². The molecule has 0 amide bonds. The minimum Gasteiger partial charge on any atom is -0.462 e. The van der Waals surface area contributed by atoms with E-state index < -0.39 is 0 Å². The number of furan rings is 1. The van der Waals surface area contributed by atoms with Crippen LogP contribution in [0.3, 0.4) is 0 Å². The Morgan fingerprint density at radius 2 is 2.33 bits per heavy atom. The van der Waals surface area contributed by atoms with Crippen molar-refractivity contribution in [3.63, 3.8) is 0 Å². The van der Waals surface area contributed by atoms with E-state index in [9.17, 15) is 0 Å². The molecule has 0 aliphatic carbocycles. The molecule has 0 fully saturated rings. The maximum atomic E-state index is 5.62. The fourth-order valence-corrected chi connectivity index (χ4v) is 1.32. The molecule has 0 bridgehead atoms. The van der Waals surface area contributed by atoms with Gasteiger partial charge in [-0.15, -0.1) is 0 Å². The average molecular weight is 209 g/mol. The van der Waals surface area contributed by atoms with Crippen molar-refractivity contribution in [1.82, 2.24) is 5.32 Å². The van der Waals surface area contributed by atoms with E-state index in [0.29, 0.717) is 13.2 Å². The Morgan fingerprint density at radius 1 is 1.53 bits per heavy atom. The molecule has 0 spiro atoms. The summed E-state index contributed by atoms with van der Waals surface area (Å²) in [6, 6.07) is 2.03. The molecule has 3 heteroatoms. The number of hydrogen-bond donors (Lipinski definition) is 1. The first-order valence-electron chi connectivity index (χ1n) is 5.19. The summed E-state index contributed by atoms with van der Waals surface area (Å²) in [7, 11) is 1.91. The van der Waals surface area contributed by atoms with Gasteiger partial charge in [-0.3, -0.25) is 0 Å². The number of aryl methyl sites for hydroxylation is 1. The smallest absolute Gasteiger partial charge is 0.130 e. The van der Waals surface area contributed by atoms with E-state index in [-0.39, 0.29) is 0 Å². The van der Waals surface area contributed by atoms with Crippen molar-refractivity contribution >= 4 is 0 Å². The number of rotatable bonds is 6. The van der Waals surface area contributed by atoms with E-state index in [0.717, 1.165) is 18.1 Å². The van der Waals surface area contributed by atoms with Crippen molar-refractivity contribution in [2.45, 2.75) is 27.0 Å². The summed E-state index contributed by atoms with van der Waals surface area (Å²) >= 11 is 0. The molecule has 1 heterocycles. The minimum atomic E-state index is 0.537. The third-order valence-electron chi connectivity index (χ3n) is 2.10. The first kappa shape index (κ1) is 12.0. The molecule has 0 radical (unpaired) electrons. The lowest BCUT2D eigenvalue weighted by atomic mass is 10.2. The van der Waals surface area contributed by atoms with Crippen LogP contribution in [0, 0.1) is 6.92 Å². The highest BCUT2D eigenvalue weighted by molar-refractivity contribution is 5.19. The van der Waals surface area contributed by atoms with E-state index >= 15 is 0 Å². The van der Waals surface area contributed by atoms with Gasteiger partial charge in [-0.1, -0.05) is 12.2 Å². The first-order chi connectivity index (χ1) is 7.27. The van der Waals surface area contributed by atoms with Crippen molar-refractivity contribution in [2.24, 2.45) is 0 Å². The monoisotopic (exact) mass is 209 g/mol. The normalized spacial score (nSPS) is 11.4. The molecule has 0 atom stereocenters. The Morgan fingerprint density at radius 3 is 3.00 bits per heavy atom. The van der Waals surface area contributed by atoms with Gasteiger partial charge in [0.2, 0.25) is 0 Å². The molecule has 3 nitrogen and oxygen atoms in total. The quantitative estimate of drug-likeness (QED) is 0.577. The molecule has 0 aliphatic rings. The Bertz CT molecular complexity index is 315. The highest BCUT2D eigenvalue weighted by Crippen LogP contribution is 2.15. The van der Waals surface area contributed by atoms with Crippen LogP contribution in [-0.2, 0) is 17.9 Å². The summed E-state index contributed by atoms with van der Waals surface area (Å²) in [6.45, 7) is 5.96. The predicted octanol–water partition coefficient (Wildman–Crippen LogP) is 2.40. The van der Waals surface area contributed by atoms with Crippen molar-refractivity contribution in [2.75, 3.05) is 13.7 Å². The Hall–Kier alpha value is -1.06. The molecular formula is C12H19NO2. The van der Waals surface area contributed by atoms with Crippen LogP contribution in [-0.4, -0.2) is 13.7 Å². The lowest BCUT2D eigenvalue weighted by Crippen LogP contribution is -2.04. The maximum absolute atomic E-state index is 5.62. The summed E-state index contributed by atoms with van der Waals surface area (Å²) < 4.78 is 11.0. The number of nitrogens with one attached hydrogen (secondary N) is 1. The second-order valence-electron chi connectivity index (χ2n) is 3.43. The van der Waals surface area contributed by atoms with E-state index in [1.165, 1.54) is 5.56 Å². The fourth-order valence-electron chi connectivity index (χ4n) is 1.32. The van der Waals surface area contributed by atoms with Crippen molar-refractivity contribution in [3.8, 4) is 0 Å². The van der Waals surface area contributed by atoms with Crippen molar-refractivity contribution in [1.29, 1.82) is 0 Å². The molecule has 0 aliphatic heterocycles. The van der Waals surface area contributed by atoms with Crippen LogP contribution in [0.25, 0.3) is 0 Å². The molecule has 1 aromatic heterocycles. The van der Waals surface area contributed by atoms with Gasteiger partial charge < -0.3 is 14.5 Å². The summed E-state index contributed by atoms with van der Waals surface area (Å²) in [5.74, 6) is 1.88. The van der Waals surface area contributed by atoms with Gasteiger partial charge in [-0.25, -0.2) is 0 Å². The zero-order valence-corrected chi connectivity index (χ0v) is 9.67. The lowest BCUT2D eigenvalue weighted by molar-refractivity contribution is 0.130. The number of allylic oxidation sites excluding steroid dienone is 1. The van der Waals surface area contributed by atoms with Crippen molar-refractivity contribution < 1.29 is 9.15 Å². The van der Waals surface area contributed by atoms with E-state index in [1.54, 1.807) is 0 Å². The summed E-state index contributed by atoms with van der Waals surface area (Å²) in [5.41, 5.74) is 1.17. The van der Waals surface area contributed by atoms with Crippen LogP contribution in [0.2, 0.25) is 0 Å². The molecule has 0 aromatic carbocycles. The Labute approximate surface area is 91.1 Å². The lowest BCUT2D eigenvalue weighted by Gasteiger charge is -1.98. The van der Waals surface area contributed by atoms with Crippen LogP contribution in [0.5, 0.6) is 0 Å². The average Bonchev–Trinajstić information content (AvgIpc) is 2.55. The fraction of sp³-hybridized carbons (Fsp3) is 0.500. The Balaban J connectivity index is 2.44. The van der Waals surface area contributed by atoms with Gasteiger partial charge >= 0.3 is 0 Å². The summed E-state index contributed by atoms with van der Waals surface area (Å²) in [4.78, 5) is 0. The molecule has 0 saturated heterocycles. The first-order valence-corrected chi connectivity index (χ1v) is 5.19. The van der Waals surface area contributed by atoms with Crippen LogP contribution in [0.15, 0.2) is 22.6 Å². The SMILES string of the molecule is CC=CCOCc1cc(C)c(CNC)o1. The van der Waals surface area contributed by atoms with Gasteiger partial charge in [-0.05, 0) is 32.5 Å². The van der Waals surface area contributed by atoms with Gasteiger partial charge in [0.25, 0.3) is 0 Å². The molecule has 0 saturated carbocycles. The minimum absolute atomic E-state index is 0.537. The highest BCUT2D eigenvalue weighted by atomic mass is 16.5. The topological polar surface area (TPSA) is 34.4 Å². The largest absolute Gasteiger partial charge is 0.462 e. The molecule has 1 N–H and O–H groups in total. The predicted molar refractivity (Wildman–Crippen MR) is 60.7 cm³/mol. The van der Waals surface area contributed by atoms with Crippen LogP contribution < -0.4 is 5.32 Å². The standard InChI is InChI=1S/C12H19NO2/c1-4-5-6-14-9-11-7-10(2)12(15-11)8-13-3/h4-5,7,13H,6,8-9H2,1-3H3. The molecule has 1 rings (SSSR count). The Kier molecular flexibility index (Phi) is 5.15.